The van der Waals surface area contributed by atoms with E-state index in [1.807, 2.05) is 6.92 Å². The molecule has 23 heavy (non-hydrogen) atoms. The first-order chi connectivity index (χ1) is 10.9. The Morgan fingerprint density at radius 3 is 2.61 bits per heavy atom. The summed E-state index contributed by atoms with van der Waals surface area (Å²) < 4.78 is 7.12. The molecule has 1 atom stereocenters. The number of primary amides is 1. The van der Waals surface area contributed by atoms with Crippen molar-refractivity contribution in [1.29, 1.82) is 0 Å². The summed E-state index contributed by atoms with van der Waals surface area (Å²) in [5.74, 6) is -0.629. The molecule has 0 aliphatic carbocycles. The van der Waals surface area contributed by atoms with E-state index in [1.54, 1.807) is 22.7 Å². The maximum absolute atomic E-state index is 12.9. The van der Waals surface area contributed by atoms with E-state index in [0.717, 1.165) is 31.4 Å². The van der Waals surface area contributed by atoms with Gasteiger partial charge in [0.2, 0.25) is 5.91 Å². The zero-order valence-corrected chi connectivity index (χ0v) is 13.7. The number of rotatable bonds is 2. The van der Waals surface area contributed by atoms with E-state index < -0.39 is 11.9 Å². The molecule has 2 aliphatic heterocycles. The third-order valence-corrected chi connectivity index (χ3v) is 5.32. The standard InChI is InChI=1S/C16H24N4O3/c1-11-10-12(18-19(11)2)15(22)20-7-3-4-16(13(20)14(17)21)5-8-23-9-6-16/h10,13H,3-9H2,1-2H3,(H2,17,21). The summed E-state index contributed by atoms with van der Waals surface area (Å²) in [5, 5.41) is 4.26. The number of ether oxygens (including phenoxy) is 1. The lowest BCUT2D eigenvalue weighted by molar-refractivity contribution is -0.134. The Bertz CT molecular complexity index is 594. The molecule has 2 N–H and O–H groups in total. The van der Waals surface area contributed by atoms with Gasteiger partial charge in [-0.15, -0.1) is 0 Å². The number of piperidine rings is 1. The fourth-order valence-electron chi connectivity index (χ4n) is 3.99. The van der Waals surface area contributed by atoms with E-state index in [4.69, 9.17) is 10.5 Å². The zero-order valence-electron chi connectivity index (χ0n) is 13.7. The Morgan fingerprint density at radius 2 is 2.04 bits per heavy atom. The van der Waals surface area contributed by atoms with Crippen molar-refractivity contribution >= 4 is 11.8 Å². The molecule has 3 heterocycles. The molecule has 0 aromatic carbocycles. The smallest absolute Gasteiger partial charge is 0.275 e. The molecule has 7 nitrogen and oxygen atoms in total. The summed E-state index contributed by atoms with van der Waals surface area (Å²) in [4.78, 5) is 26.8. The first kappa shape index (κ1) is 16.0. The highest BCUT2D eigenvalue weighted by molar-refractivity contribution is 5.96. The van der Waals surface area contributed by atoms with Crippen LogP contribution in [0.4, 0.5) is 0 Å². The predicted molar refractivity (Wildman–Crippen MR) is 83.7 cm³/mol. The van der Waals surface area contributed by atoms with Gasteiger partial charge in [0.25, 0.3) is 5.91 Å². The molecule has 0 saturated carbocycles. The topological polar surface area (TPSA) is 90.4 Å². The fourth-order valence-corrected chi connectivity index (χ4v) is 3.99. The van der Waals surface area contributed by atoms with E-state index in [9.17, 15) is 9.59 Å². The number of amides is 2. The van der Waals surface area contributed by atoms with Gasteiger partial charge >= 0.3 is 0 Å². The normalized spacial score (nSPS) is 23.9. The van der Waals surface area contributed by atoms with Gasteiger partial charge in [0.15, 0.2) is 5.69 Å². The van der Waals surface area contributed by atoms with Crippen LogP contribution in [0, 0.1) is 12.3 Å². The monoisotopic (exact) mass is 320 g/mol. The van der Waals surface area contributed by atoms with Crippen molar-refractivity contribution in [1.82, 2.24) is 14.7 Å². The van der Waals surface area contributed by atoms with E-state index in [-0.39, 0.29) is 11.3 Å². The number of nitrogens with zero attached hydrogens (tertiary/aromatic N) is 3. The van der Waals surface area contributed by atoms with Crippen LogP contribution in [-0.2, 0) is 16.6 Å². The van der Waals surface area contributed by atoms with Gasteiger partial charge in [0.1, 0.15) is 6.04 Å². The van der Waals surface area contributed by atoms with E-state index in [0.29, 0.717) is 25.5 Å². The third-order valence-electron chi connectivity index (χ3n) is 5.32. The van der Waals surface area contributed by atoms with Crippen LogP contribution in [0.5, 0.6) is 0 Å². The summed E-state index contributed by atoms with van der Waals surface area (Å²) in [5.41, 5.74) is 6.75. The first-order valence-corrected chi connectivity index (χ1v) is 8.13. The van der Waals surface area contributed by atoms with Crippen LogP contribution in [0.15, 0.2) is 6.07 Å². The van der Waals surface area contributed by atoms with Gasteiger partial charge in [-0.05, 0) is 38.7 Å². The average Bonchev–Trinajstić information content (AvgIpc) is 2.86. The lowest BCUT2D eigenvalue weighted by atomic mass is 9.67. The number of hydrogen-bond acceptors (Lipinski definition) is 4. The van der Waals surface area contributed by atoms with Gasteiger partial charge in [-0.3, -0.25) is 14.3 Å². The zero-order chi connectivity index (χ0) is 16.6. The Labute approximate surface area is 135 Å². The Hall–Kier alpha value is -1.89. The first-order valence-electron chi connectivity index (χ1n) is 8.13. The Kier molecular flexibility index (Phi) is 4.14. The lowest BCUT2D eigenvalue weighted by Gasteiger charge is -2.50. The molecule has 3 rings (SSSR count). The summed E-state index contributed by atoms with van der Waals surface area (Å²) in [6.07, 6.45) is 3.33. The predicted octanol–water partition coefficient (Wildman–Crippen LogP) is 0.615. The van der Waals surface area contributed by atoms with Crippen LogP contribution >= 0.6 is 0 Å². The molecule has 2 fully saturated rings. The number of hydrogen-bond donors (Lipinski definition) is 1. The van der Waals surface area contributed by atoms with Gasteiger partial charge in [0, 0.05) is 37.9 Å². The molecule has 0 radical (unpaired) electrons. The van der Waals surface area contributed by atoms with Crippen molar-refractivity contribution in [2.45, 2.75) is 38.6 Å². The molecule has 7 heteroatoms. The number of nitrogens with two attached hydrogens (primary N) is 1. The number of aromatic nitrogens is 2. The molecular formula is C16H24N4O3. The van der Waals surface area contributed by atoms with Crippen molar-refractivity contribution in [2.75, 3.05) is 19.8 Å². The molecule has 0 bridgehead atoms. The van der Waals surface area contributed by atoms with Crippen LogP contribution in [0.2, 0.25) is 0 Å². The van der Waals surface area contributed by atoms with E-state index >= 15 is 0 Å². The molecule has 2 aliphatic rings. The summed E-state index contributed by atoms with van der Waals surface area (Å²) in [7, 11) is 1.80. The highest BCUT2D eigenvalue weighted by Gasteiger charge is 2.50. The average molecular weight is 320 g/mol. The van der Waals surface area contributed by atoms with Crippen LogP contribution in [0.1, 0.15) is 41.9 Å². The van der Waals surface area contributed by atoms with Crippen LogP contribution in [0.3, 0.4) is 0 Å². The second-order valence-corrected chi connectivity index (χ2v) is 6.68. The number of aryl methyl sites for hydroxylation is 2. The summed E-state index contributed by atoms with van der Waals surface area (Å²) in [6, 6.07) is 1.18. The minimum atomic E-state index is -0.574. The highest BCUT2D eigenvalue weighted by atomic mass is 16.5. The third kappa shape index (κ3) is 2.73. The fraction of sp³-hybridized carbons (Fsp3) is 0.688. The molecular weight excluding hydrogens is 296 g/mol. The maximum Gasteiger partial charge on any atom is 0.275 e. The van der Waals surface area contributed by atoms with Gasteiger partial charge in [-0.1, -0.05) is 0 Å². The molecule has 1 aromatic heterocycles. The SMILES string of the molecule is Cc1cc(C(=O)N2CCCC3(CCOCC3)C2C(N)=O)nn1C. The summed E-state index contributed by atoms with van der Waals surface area (Å²) >= 11 is 0. The largest absolute Gasteiger partial charge is 0.381 e. The molecule has 1 unspecified atom stereocenters. The van der Waals surface area contributed by atoms with Gasteiger partial charge in [0.05, 0.1) is 0 Å². The molecule has 1 aromatic rings. The molecule has 126 valence electrons. The number of carbonyl (C=O) groups is 2. The van der Waals surface area contributed by atoms with Gasteiger partial charge in [-0.25, -0.2) is 0 Å². The van der Waals surface area contributed by atoms with Crippen molar-refractivity contribution in [3.63, 3.8) is 0 Å². The molecule has 1 spiro atoms. The Morgan fingerprint density at radius 1 is 1.35 bits per heavy atom. The lowest BCUT2D eigenvalue weighted by Crippen LogP contribution is -2.61. The minimum absolute atomic E-state index is 0.205. The number of likely N-dealkylation sites (tertiary alicyclic amines) is 1. The van der Waals surface area contributed by atoms with Crippen molar-refractivity contribution in [3.05, 3.63) is 17.5 Å². The number of carbonyl (C=O) groups excluding carboxylic acids is 2. The minimum Gasteiger partial charge on any atom is -0.381 e. The second-order valence-electron chi connectivity index (χ2n) is 6.68. The van der Waals surface area contributed by atoms with Crippen LogP contribution < -0.4 is 5.73 Å². The Balaban J connectivity index is 1.93. The second kappa shape index (κ2) is 5.96. The van der Waals surface area contributed by atoms with Gasteiger partial charge < -0.3 is 15.4 Å². The molecule has 2 saturated heterocycles. The van der Waals surface area contributed by atoms with Crippen molar-refractivity contribution < 1.29 is 14.3 Å². The maximum atomic E-state index is 12.9. The van der Waals surface area contributed by atoms with Crippen LogP contribution in [0.25, 0.3) is 0 Å². The quantitative estimate of drug-likeness (QED) is 0.864. The van der Waals surface area contributed by atoms with Crippen molar-refractivity contribution in [2.24, 2.45) is 18.2 Å². The van der Waals surface area contributed by atoms with Crippen molar-refractivity contribution in [3.8, 4) is 0 Å². The highest BCUT2D eigenvalue weighted by Crippen LogP contribution is 2.44. The van der Waals surface area contributed by atoms with Crippen LogP contribution in [-0.4, -0.2) is 52.3 Å². The summed E-state index contributed by atoms with van der Waals surface area (Å²) in [6.45, 7) is 3.68. The molecule has 2 amide bonds. The van der Waals surface area contributed by atoms with E-state index in [1.165, 1.54) is 0 Å². The van der Waals surface area contributed by atoms with Gasteiger partial charge in [-0.2, -0.15) is 5.10 Å². The van der Waals surface area contributed by atoms with E-state index in [2.05, 4.69) is 5.10 Å².